The van der Waals surface area contributed by atoms with Gasteiger partial charge in [-0.05, 0) is 0 Å². The molecule has 2 aliphatic heterocycles. The van der Waals surface area contributed by atoms with Crippen LogP contribution in [0.5, 0.6) is 0 Å². The molecule has 0 radical (unpaired) electrons. The third kappa shape index (κ3) is 4.74. The van der Waals surface area contributed by atoms with Crippen LogP contribution in [0.1, 0.15) is 6.92 Å². The van der Waals surface area contributed by atoms with E-state index < -0.39 is 80.5 Å². The molecule has 0 aromatic rings. The zero-order valence-electron chi connectivity index (χ0n) is 14.9. The molecule has 2 aliphatic rings. The summed E-state index contributed by atoms with van der Waals surface area (Å²) in [5.74, 6) is -0.473. The Hall–Kier alpha value is -0.930. The smallest absolute Gasteiger partial charge is 0.217 e. The van der Waals surface area contributed by atoms with E-state index in [9.17, 15) is 35.4 Å². The zero-order valence-corrected chi connectivity index (χ0v) is 14.9. The van der Waals surface area contributed by atoms with Crippen LogP contribution in [0.3, 0.4) is 0 Å². The molecule has 0 aromatic heterocycles. The summed E-state index contributed by atoms with van der Waals surface area (Å²) >= 11 is 0. The molecule has 0 saturated carbocycles. The number of aliphatic hydroxyl groups is 6. The van der Waals surface area contributed by atoms with E-state index in [1.54, 1.807) is 0 Å². The zero-order chi connectivity index (χ0) is 20.3. The Balaban J connectivity index is 2.19. The number of methoxy groups -OCH3 is 1. The lowest BCUT2D eigenvalue weighted by Gasteiger charge is -2.46. The van der Waals surface area contributed by atoms with E-state index >= 15 is 0 Å². The summed E-state index contributed by atoms with van der Waals surface area (Å²) < 4.78 is 21.3. The number of rotatable bonds is 6. The second-order valence-electron chi connectivity index (χ2n) is 6.48. The number of amides is 1. The van der Waals surface area contributed by atoms with Gasteiger partial charge in [-0.15, -0.1) is 0 Å². The van der Waals surface area contributed by atoms with E-state index in [0.717, 1.165) is 0 Å². The molecule has 0 unspecified atom stereocenters. The van der Waals surface area contributed by atoms with Crippen LogP contribution in [0.25, 0.3) is 0 Å². The fourth-order valence-electron chi connectivity index (χ4n) is 3.16. The van der Waals surface area contributed by atoms with Crippen LogP contribution in [0.2, 0.25) is 0 Å². The van der Waals surface area contributed by atoms with Crippen LogP contribution in [0.15, 0.2) is 0 Å². The van der Waals surface area contributed by atoms with Crippen molar-refractivity contribution in [2.75, 3.05) is 20.3 Å². The average molecular weight is 397 g/mol. The lowest BCUT2D eigenvalue weighted by atomic mass is 9.95. The fraction of sp³-hybridized carbons (Fsp3) is 0.933. The van der Waals surface area contributed by atoms with E-state index in [-0.39, 0.29) is 0 Å². The number of carbonyl (C=O) groups excluding carboxylic acids is 1. The summed E-state index contributed by atoms with van der Waals surface area (Å²) in [5, 5.41) is 61.6. The first kappa shape index (κ1) is 22.4. The van der Waals surface area contributed by atoms with E-state index in [1.165, 1.54) is 14.0 Å². The standard InChI is InChI=1S/C15H27NO11/c1-5(19)16-8-10(21)13(7(4-18)26-14(8)24-2)27-15-12(23)11(22)9(20)6(3-17)25-15/h6-15,17-18,20-23H,3-4H2,1-2H3,(H,16,19)/t6-,7-,8+,9+,10-,11+,12-,13-,14+,15+/m1/s1. The third-order valence-corrected chi connectivity index (χ3v) is 4.59. The Morgan fingerprint density at radius 3 is 2.04 bits per heavy atom. The van der Waals surface area contributed by atoms with E-state index in [1.807, 2.05) is 0 Å². The molecule has 27 heavy (non-hydrogen) atoms. The van der Waals surface area contributed by atoms with Gasteiger partial charge in [-0.3, -0.25) is 4.79 Å². The molecule has 0 spiro atoms. The summed E-state index contributed by atoms with van der Waals surface area (Å²) in [6, 6.07) is -1.05. The summed E-state index contributed by atoms with van der Waals surface area (Å²) in [6.07, 6.45) is -12.6. The highest BCUT2D eigenvalue weighted by molar-refractivity contribution is 5.73. The summed E-state index contributed by atoms with van der Waals surface area (Å²) in [5.41, 5.74) is 0. The quantitative estimate of drug-likeness (QED) is 0.228. The fourth-order valence-corrected chi connectivity index (χ4v) is 3.16. The molecule has 12 heteroatoms. The first-order valence-electron chi connectivity index (χ1n) is 8.45. The monoisotopic (exact) mass is 397 g/mol. The van der Waals surface area contributed by atoms with Crippen molar-refractivity contribution < 1.29 is 54.4 Å². The average Bonchev–Trinajstić information content (AvgIpc) is 2.64. The second kappa shape index (κ2) is 9.52. The maximum absolute atomic E-state index is 11.4. The number of hydrogen-bond acceptors (Lipinski definition) is 11. The molecule has 1 amide bonds. The minimum atomic E-state index is -1.70. The molecule has 10 atom stereocenters. The molecule has 2 rings (SSSR count). The Morgan fingerprint density at radius 2 is 1.52 bits per heavy atom. The number of nitrogens with one attached hydrogen (secondary N) is 1. The minimum Gasteiger partial charge on any atom is -0.394 e. The van der Waals surface area contributed by atoms with Gasteiger partial charge in [0, 0.05) is 14.0 Å². The lowest BCUT2D eigenvalue weighted by Crippen LogP contribution is -2.67. The predicted molar refractivity (Wildman–Crippen MR) is 85.0 cm³/mol. The normalized spacial score (nSPS) is 45.5. The molecular weight excluding hydrogens is 370 g/mol. The van der Waals surface area contributed by atoms with Gasteiger partial charge in [0.25, 0.3) is 0 Å². The molecule has 12 nitrogen and oxygen atoms in total. The highest BCUT2D eigenvalue weighted by Gasteiger charge is 2.51. The predicted octanol–water partition coefficient (Wildman–Crippen LogP) is -4.60. The van der Waals surface area contributed by atoms with E-state index in [2.05, 4.69) is 5.32 Å². The van der Waals surface area contributed by atoms with Crippen molar-refractivity contribution in [2.24, 2.45) is 0 Å². The molecule has 0 aliphatic carbocycles. The molecular formula is C15H27NO11. The van der Waals surface area contributed by atoms with Gasteiger partial charge in [-0.2, -0.15) is 0 Å². The third-order valence-electron chi connectivity index (χ3n) is 4.59. The van der Waals surface area contributed by atoms with Gasteiger partial charge in [0.1, 0.15) is 48.8 Å². The molecule has 0 aromatic carbocycles. The van der Waals surface area contributed by atoms with Gasteiger partial charge in [0.05, 0.1) is 13.2 Å². The minimum absolute atomic E-state index is 0.473. The second-order valence-corrected chi connectivity index (χ2v) is 6.48. The van der Waals surface area contributed by atoms with Gasteiger partial charge in [-0.25, -0.2) is 0 Å². The summed E-state index contributed by atoms with van der Waals surface area (Å²) in [7, 11) is 1.29. The Kier molecular flexibility index (Phi) is 7.88. The van der Waals surface area contributed by atoms with Gasteiger partial charge >= 0.3 is 0 Å². The van der Waals surface area contributed by atoms with Crippen molar-refractivity contribution in [3.8, 4) is 0 Å². The lowest BCUT2D eigenvalue weighted by molar-refractivity contribution is -0.346. The van der Waals surface area contributed by atoms with Gasteiger partial charge in [0.15, 0.2) is 12.6 Å². The van der Waals surface area contributed by atoms with Crippen LogP contribution in [0.4, 0.5) is 0 Å². The van der Waals surface area contributed by atoms with Gasteiger partial charge < -0.3 is 54.9 Å². The molecule has 2 fully saturated rings. The van der Waals surface area contributed by atoms with Crippen LogP contribution in [-0.2, 0) is 23.7 Å². The topological polar surface area (TPSA) is 187 Å². The molecule has 158 valence electrons. The van der Waals surface area contributed by atoms with Gasteiger partial charge in [-0.1, -0.05) is 0 Å². The van der Waals surface area contributed by atoms with Crippen molar-refractivity contribution >= 4 is 5.91 Å². The van der Waals surface area contributed by atoms with Crippen LogP contribution < -0.4 is 5.32 Å². The van der Waals surface area contributed by atoms with Crippen molar-refractivity contribution in [1.29, 1.82) is 0 Å². The number of hydrogen-bond donors (Lipinski definition) is 7. The Labute approximate surface area is 155 Å². The highest BCUT2D eigenvalue weighted by Crippen LogP contribution is 2.29. The molecule has 2 saturated heterocycles. The van der Waals surface area contributed by atoms with Crippen molar-refractivity contribution in [2.45, 2.75) is 68.3 Å². The SMILES string of the molecule is CO[C@H]1O[C@H](CO)[C@@H](O[C@@H]2O[C@H](CO)[C@H](O)[C@H](O)[C@H]2O)[C@H](O)[C@@H]1NC(C)=O. The molecule has 2 heterocycles. The van der Waals surface area contributed by atoms with Crippen molar-refractivity contribution in [3.05, 3.63) is 0 Å². The number of aliphatic hydroxyl groups excluding tert-OH is 6. The van der Waals surface area contributed by atoms with Crippen molar-refractivity contribution in [3.63, 3.8) is 0 Å². The first-order chi connectivity index (χ1) is 12.7. The highest BCUT2D eigenvalue weighted by atomic mass is 16.7. The Morgan fingerprint density at radius 1 is 0.926 bits per heavy atom. The maximum Gasteiger partial charge on any atom is 0.217 e. The van der Waals surface area contributed by atoms with E-state index in [4.69, 9.17) is 18.9 Å². The van der Waals surface area contributed by atoms with Gasteiger partial charge in [0.2, 0.25) is 5.91 Å². The number of carbonyl (C=O) groups is 1. The number of ether oxygens (including phenoxy) is 4. The van der Waals surface area contributed by atoms with Crippen molar-refractivity contribution in [1.82, 2.24) is 5.32 Å². The van der Waals surface area contributed by atoms with E-state index in [0.29, 0.717) is 0 Å². The van der Waals surface area contributed by atoms with Crippen LogP contribution in [-0.4, -0.2) is 118 Å². The molecule has 0 bridgehead atoms. The Bertz CT molecular complexity index is 492. The van der Waals surface area contributed by atoms with Crippen LogP contribution >= 0.6 is 0 Å². The first-order valence-corrected chi connectivity index (χ1v) is 8.45. The molecule has 7 N–H and O–H groups in total. The summed E-state index contributed by atoms with van der Waals surface area (Å²) in [4.78, 5) is 11.4. The van der Waals surface area contributed by atoms with Crippen LogP contribution in [0, 0.1) is 0 Å². The largest absolute Gasteiger partial charge is 0.394 e. The maximum atomic E-state index is 11.4. The summed E-state index contributed by atoms with van der Waals surface area (Å²) in [6.45, 7) is -0.0188.